The van der Waals surface area contributed by atoms with Gasteiger partial charge in [0, 0.05) is 30.6 Å². The molecular formula is C26H27N5O2. The average Bonchev–Trinajstić information content (AvgIpc) is 2.84. The number of nitrogens with two attached hydrogens (primary N) is 1. The lowest BCUT2D eigenvalue weighted by molar-refractivity contribution is -0.121. The van der Waals surface area contributed by atoms with Crippen molar-refractivity contribution in [2.24, 2.45) is 0 Å². The zero-order chi connectivity index (χ0) is 23.0. The van der Waals surface area contributed by atoms with Crippen LogP contribution in [0.1, 0.15) is 18.4 Å². The summed E-state index contributed by atoms with van der Waals surface area (Å²) in [5.74, 6) is 0.667. The smallest absolute Gasteiger partial charge is 0.272 e. The van der Waals surface area contributed by atoms with Crippen molar-refractivity contribution in [1.29, 1.82) is 0 Å². The van der Waals surface area contributed by atoms with Gasteiger partial charge in [0.05, 0.1) is 5.39 Å². The van der Waals surface area contributed by atoms with Gasteiger partial charge in [-0.15, -0.1) is 0 Å². The molecule has 168 valence electrons. The summed E-state index contributed by atoms with van der Waals surface area (Å²) in [5.41, 5.74) is 9.70. The average molecular weight is 442 g/mol. The summed E-state index contributed by atoms with van der Waals surface area (Å²) in [4.78, 5) is 24.0. The third-order valence-electron chi connectivity index (χ3n) is 5.48. The molecule has 0 aliphatic heterocycles. The number of anilines is 2. The van der Waals surface area contributed by atoms with E-state index in [0.29, 0.717) is 37.1 Å². The van der Waals surface area contributed by atoms with Gasteiger partial charge in [-0.2, -0.15) is 5.10 Å². The molecule has 5 N–H and O–H groups in total. The number of nitrogen functional groups attached to an aromatic ring is 1. The van der Waals surface area contributed by atoms with Crippen molar-refractivity contribution in [1.82, 2.24) is 15.5 Å². The van der Waals surface area contributed by atoms with E-state index in [2.05, 4.69) is 45.1 Å². The van der Waals surface area contributed by atoms with Crippen LogP contribution in [0.25, 0.3) is 21.9 Å². The molecule has 0 bridgehead atoms. The highest BCUT2D eigenvalue weighted by Crippen LogP contribution is 2.22. The molecule has 1 amide bonds. The van der Waals surface area contributed by atoms with Crippen LogP contribution in [0.15, 0.2) is 77.6 Å². The number of hydrogen-bond donors (Lipinski definition) is 4. The van der Waals surface area contributed by atoms with E-state index in [1.807, 2.05) is 42.5 Å². The summed E-state index contributed by atoms with van der Waals surface area (Å²) in [6, 6.07) is 23.3. The Bertz CT molecular complexity index is 1300. The van der Waals surface area contributed by atoms with Crippen molar-refractivity contribution in [2.75, 3.05) is 24.1 Å². The van der Waals surface area contributed by atoms with E-state index in [1.54, 1.807) is 6.07 Å². The Kier molecular flexibility index (Phi) is 6.99. The minimum absolute atomic E-state index is 0.0301. The second-order valence-electron chi connectivity index (χ2n) is 7.90. The lowest BCUT2D eigenvalue weighted by Crippen LogP contribution is -2.26. The summed E-state index contributed by atoms with van der Waals surface area (Å²) in [5, 5.41) is 14.2. The molecule has 1 aromatic heterocycles. The van der Waals surface area contributed by atoms with Gasteiger partial charge in [-0.3, -0.25) is 9.59 Å². The number of aryl methyl sites for hydroxylation is 1. The fourth-order valence-corrected chi connectivity index (χ4v) is 3.70. The number of fused-ring (bicyclic) bond motifs is 1. The Morgan fingerprint density at radius 3 is 2.48 bits per heavy atom. The molecule has 3 aromatic carbocycles. The highest BCUT2D eigenvalue weighted by molar-refractivity contribution is 5.90. The quantitative estimate of drug-likeness (QED) is 0.234. The van der Waals surface area contributed by atoms with Crippen molar-refractivity contribution in [3.05, 3.63) is 88.7 Å². The van der Waals surface area contributed by atoms with Gasteiger partial charge in [0.15, 0.2) is 5.82 Å². The SMILES string of the molecule is Nc1cccc(-c2ccc(CCC(=O)NCCCNc3n[nH]c(=O)c4ccccc34)cc2)c1. The second-order valence-corrected chi connectivity index (χ2v) is 7.90. The van der Waals surface area contributed by atoms with Crippen LogP contribution in [0.5, 0.6) is 0 Å². The first kappa shape index (κ1) is 22.1. The molecule has 0 saturated heterocycles. The molecule has 0 aliphatic rings. The van der Waals surface area contributed by atoms with Crippen LogP contribution in [0.2, 0.25) is 0 Å². The van der Waals surface area contributed by atoms with Crippen LogP contribution < -0.4 is 21.9 Å². The monoisotopic (exact) mass is 441 g/mol. The summed E-state index contributed by atoms with van der Waals surface area (Å²) in [7, 11) is 0. The van der Waals surface area contributed by atoms with Gasteiger partial charge in [-0.05, 0) is 47.7 Å². The van der Waals surface area contributed by atoms with Gasteiger partial charge in [0.2, 0.25) is 5.91 Å². The number of hydrogen-bond acceptors (Lipinski definition) is 5. The third-order valence-corrected chi connectivity index (χ3v) is 5.48. The Morgan fingerprint density at radius 2 is 1.70 bits per heavy atom. The maximum absolute atomic E-state index is 12.2. The predicted molar refractivity (Wildman–Crippen MR) is 133 cm³/mol. The fraction of sp³-hybridized carbons (Fsp3) is 0.192. The standard InChI is InChI=1S/C26H27N5O2/c27-21-6-3-5-20(17-21)19-12-9-18(10-13-19)11-14-24(32)28-15-4-16-29-25-22-7-1-2-8-23(22)26(33)31-30-25/h1-3,5-10,12-13,17H,4,11,14-16,27H2,(H,28,32)(H,29,30)(H,31,33). The number of aromatic amines is 1. The van der Waals surface area contributed by atoms with E-state index < -0.39 is 0 Å². The zero-order valence-corrected chi connectivity index (χ0v) is 18.3. The summed E-state index contributed by atoms with van der Waals surface area (Å²) >= 11 is 0. The number of nitrogens with one attached hydrogen (secondary N) is 3. The number of H-pyrrole nitrogens is 1. The van der Waals surface area contributed by atoms with Gasteiger partial charge in [-0.25, -0.2) is 5.10 Å². The van der Waals surface area contributed by atoms with E-state index in [1.165, 1.54) is 0 Å². The van der Waals surface area contributed by atoms with Crippen molar-refractivity contribution in [2.45, 2.75) is 19.3 Å². The lowest BCUT2D eigenvalue weighted by atomic mass is 10.0. The summed E-state index contributed by atoms with van der Waals surface area (Å²) in [6.45, 7) is 1.20. The summed E-state index contributed by atoms with van der Waals surface area (Å²) in [6.07, 6.45) is 1.88. The largest absolute Gasteiger partial charge is 0.399 e. The minimum Gasteiger partial charge on any atom is -0.399 e. The molecule has 4 aromatic rings. The van der Waals surface area contributed by atoms with Crippen LogP contribution in [0.4, 0.5) is 11.5 Å². The van der Waals surface area contributed by atoms with Crippen molar-refractivity contribution in [3.63, 3.8) is 0 Å². The number of carbonyl (C=O) groups is 1. The number of benzene rings is 3. The Morgan fingerprint density at radius 1 is 0.909 bits per heavy atom. The molecule has 7 heteroatoms. The van der Waals surface area contributed by atoms with E-state index in [4.69, 9.17) is 5.73 Å². The Hall–Kier alpha value is -4.13. The lowest BCUT2D eigenvalue weighted by Gasteiger charge is -2.09. The van der Waals surface area contributed by atoms with Gasteiger partial charge >= 0.3 is 0 Å². The molecule has 4 rings (SSSR count). The highest BCUT2D eigenvalue weighted by atomic mass is 16.1. The molecule has 0 fully saturated rings. The van der Waals surface area contributed by atoms with Gasteiger partial charge < -0.3 is 16.4 Å². The molecule has 0 aliphatic carbocycles. The zero-order valence-electron chi connectivity index (χ0n) is 18.3. The van der Waals surface area contributed by atoms with Gasteiger partial charge in [0.1, 0.15) is 0 Å². The molecule has 1 heterocycles. The molecule has 0 radical (unpaired) electrons. The maximum Gasteiger partial charge on any atom is 0.272 e. The molecule has 0 spiro atoms. The highest BCUT2D eigenvalue weighted by Gasteiger charge is 2.06. The summed E-state index contributed by atoms with van der Waals surface area (Å²) < 4.78 is 0. The van der Waals surface area contributed by atoms with E-state index in [9.17, 15) is 9.59 Å². The molecule has 0 saturated carbocycles. The van der Waals surface area contributed by atoms with E-state index in [-0.39, 0.29) is 11.5 Å². The van der Waals surface area contributed by atoms with Crippen LogP contribution >= 0.6 is 0 Å². The number of carbonyl (C=O) groups excluding carboxylic acids is 1. The van der Waals surface area contributed by atoms with Crippen LogP contribution in [-0.2, 0) is 11.2 Å². The molecule has 33 heavy (non-hydrogen) atoms. The Balaban J connectivity index is 1.18. The molecule has 7 nitrogen and oxygen atoms in total. The fourth-order valence-electron chi connectivity index (χ4n) is 3.70. The van der Waals surface area contributed by atoms with E-state index >= 15 is 0 Å². The van der Waals surface area contributed by atoms with Crippen LogP contribution in [0.3, 0.4) is 0 Å². The predicted octanol–water partition coefficient (Wildman–Crippen LogP) is 3.72. The molecular weight excluding hydrogens is 414 g/mol. The number of rotatable bonds is 9. The third kappa shape index (κ3) is 5.77. The molecule has 0 unspecified atom stereocenters. The first-order valence-corrected chi connectivity index (χ1v) is 11.0. The topological polar surface area (TPSA) is 113 Å². The van der Waals surface area contributed by atoms with Crippen LogP contribution in [-0.4, -0.2) is 29.2 Å². The maximum atomic E-state index is 12.2. The van der Waals surface area contributed by atoms with Crippen molar-refractivity contribution in [3.8, 4) is 11.1 Å². The van der Waals surface area contributed by atoms with Gasteiger partial charge in [0.25, 0.3) is 5.56 Å². The van der Waals surface area contributed by atoms with Gasteiger partial charge in [-0.1, -0.05) is 54.6 Å². The normalized spacial score (nSPS) is 10.8. The number of aromatic nitrogens is 2. The Labute approximate surface area is 192 Å². The first-order chi connectivity index (χ1) is 16.1. The molecule has 0 atom stereocenters. The van der Waals surface area contributed by atoms with Crippen molar-refractivity contribution >= 4 is 28.2 Å². The first-order valence-electron chi connectivity index (χ1n) is 11.0. The van der Waals surface area contributed by atoms with Crippen molar-refractivity contribution < 1.29 is 4.79 Å². The number of amides is 1. The van der Waals surface area contributed by atoms with Crippen LogP contribution in [0, 0.1) is 0 Å². The minimum atomic E-state index is -0.206. The number of nitrogens with zero attached hydrogens (tertiary/aromatic N) is 1. The van der Waals surface area contributed by atoms with E-state index in [0.717, 1.165) is 34.2 Å². The second kappa shape index (κ2) is 10.5.